The number of Topliss-reactive ketones (excluding diaryl/α,β-unsaturated/α-hetero) is 2. The van der Waals surface area contributed by atoms with Gasteiger partial charge in [-0.15, -0.1) is 0 Å². The number of nitro benzene ring substituents is 4. The number of nitro groups is 4. The normalized spacial score (nSPS) is 11.4. The van der Waals surface area contributed by atoms with Crippen molar-refractivity contribution < 1.29 is 75.6 Å². The Morgan fingerprint density at radius 2 is 0.789 bits per heavy atom. The van der Waals surface area contributed by atoms with Crippen LogP contribution in [0.2, 0.25) is 10.0 Å². The molecule has 4 aromatic carbocycles. The zero-order chi connectivity index (χ0) is 52.7. The second-order valence-electron chi connectivity index (χ2n) is 15.9. The number of nitrogens with zero attached hydrogens (tertiary/aromatic N) is 10. The number of ether oxygens (including phenoxy) is 2. The number of hydrogen-bond donors (Lipinski definition) is 0. The van der Waals surface area contributed by atoms with E-state index < -0.39 is 88.8 Å². The number of aromatic carboxylic acids is 2. The van der Waals surface area contributed by atoms with Crippen molar-refractivity contribution in [1.29, 1.82) is 0 Å². The molecule has 0 saturated carbocycles. The maximum Gasteiger partial charge on any atom is 2.00 e. The van der Waals surface area contributed by atoms with Gasteiger partial charge in [0.25, 0.3) is 35.2 Å². The van der Waals surface area contributed by atoms with Gasteiger partial charge in [0.15, 0.2) is 0 Å². The molecule has 2 aromatic heterocycles. The average Bonchev–Trinajstić information content (AvgIpc) is 4.04. The number of halogens is 2. The minimum absolute atomic E-state index is 0. The predicted octanol–water partition coefficient (Wildman–Crippen LogP) is 5.98. The van der Waals surface area contributed by atoms with Crippen LogP contribution in [0.15, 0.2) is 110 Å². The van der Waals surface area contributed by atoms with Crippen LogP contribution in [-0.4, -0.2) is 72.7 Å². The molecule has 0 bridgehead atoms. The standard InChI is InChI=1S/2C14H16ClN3O2.2C7H4N2O6.Cu/c2*1-14(2,3)12(19)13(18-9-16-8-17-18)20-11-6-4-10(15)5-7-11;2*10-7(11)4-1-5(8(12)13)3-6(2-4)9(14)15;/h2*4-9,13H,1-3H3;2*1-3H,(H,10,11);/q;;;;+2/p-2. The largest absolute Gasteiger partial charge is 2.00 e. The molecule has 0 aliphatic rings. The predicted molar refractivity (Wildman–Crippen MR) is 239 cm³/mol. The molecule has 26 nitrogen and oxygen atoms in total. The first-order chi connectivity index (χ1) is 32.6. The minimum Gasteiger partial charge on any atom is -0.545 e. The first-order valence-corrected chi connectivity index (χ1v) is 20.3. The van der Waals surface area contributed by atoms with E-state index >= 15 is 0 Å². The van der Waals surface area contributed by atoms with Crippen LogP contribution in [0.3, 0.4) is 0 Å². The summed E-state index contributed by atoms with van der Waals surface area (Å²) in [5.74, 6) is -2.49. The van der Waals surface area contributed by atoms with Crippen LogP contribution in [0.4, 0.5) is 22.7 Å². The van der Waals surface area contributed by atoms with Crippen LogP contribution in [0.1, 0.15) is 74.7 Å². The van der Waals surface area contributed by atoms with Crippen LogP contribution in [0, 0.1) is 51.3 Å². The number of carboxylic acids is 2. The van der Waals surface area contributed by atoms with E-state index in [1.165, 1.54) is 34.7 Å². The van der Waals surface area contributed by atoms with Crippen molar-refractivity contribution in [2.45, 2.75) is 54.0 Å². The monoisotopic (exact) mass is 1070 g/mol. The van der Waals surface area contributed by atoms with E-state index in [9.17, 15) is 69.8 Å². The van der Waals surface area contributed by atoms with Crippen molar-refractivity contribution in [3.63, 3.8) is 0 Å². The van der Waals surface area contributed by atoms with Gasteiger partial charge in [-0.1, -0.05) is 64.7 Å². The molecule has 0 amide bonds. The number of aromatic nitrogens is 6. The Kier molecular flexibility index (Phi) is 21.5. The van der Waals surface area contributed by atoms with Crippen LogP contribution in [-0.2, 0) is 26.7 Å². The van der Waals surface area contributed by atoms with Gasteiger partial charge in [0.1, 0.15) is 36.8 Å². The summed E-state index contributed by atoms with van der Waals surface area (Å²) in [6.07, 6.45) is 3.97. The van der Waals surface area contributed by atoms with Gasteiger partial charge in [0.05, 0.1) is 43.8 Å². The fourth-order valence-electron chi connectivity index (χ4n) is 5.00. The number of carboxylic acid groups (broad SMARTS) is 2. The SMILES string of the molecule is CC(C)(C)C(=O)C(Oc1ccc(Cl)cc1)n1cncn1.CC(C)(C)C(=O)C(Oc1ccc(Cl)cc1)n1cncn1.O=C([O-])c1cc([N+](=O)[O-])cc([N+](=O)[O-])c1.O=C([O-])c1cc([N+](=O)[O-])cc([N+](=O)[O-])c1.[Cu+2]. The third-order valence-corrected chi connectivity index (χ3v) is 9.03. The third-order valence-electron chi connectivity index (χ3n) is 8.52. The second-order valence-corrected chi connectivity index (χ2v) is 16.8. The molecule has 377 valence electrons. The zero-order valence-corrected chi connectivity index (χ0v) is 40.1. The van der Waals surface area contributed by atoms with Crippen molar-refractivity contribution in [3.8, 4) is 11.5 Å². The Morgan fingerprint density at radius 3 is 0.986 bits per heavy atom. The number of rotatable bonds is 14. The molecule has 0 N–H and O–H groups in total. The summed E-state index contributed by atoms with van der Waals surface area (Å²) in [6.45, 7) is 11.0. The molecular weight excluding hydrogens is 1030 g/mol. The number of hydrogen-bond acceptors (Lipinski definition) is 20. The molecule has 6 rings (SSSR count). The molecule has 2 heterocycles. The number of carbonyl (C=O) groups is 4. The van der Waals surface area contributed by atoms with Crippen LogP contribution < -0.4 is 19.7 Å². The van der Waals surface area contributed by atoms with Crippen molar-refractivity contribution in [2.75, 3.05) is 0 Å². The van der Waals surface area contributed by atoms with E-state index in [2.05, 4.69) is 20.2 Å². The number of carbonyl (C=O) groups excluding carboxylic acids is 4. The van der Waals surface area contributed by atoms with Crippen LogP contribution in [0.25, 0.3) is 0 Å². The average molecular weight is 1070 g/mol. The van der Waals surface area contributed by atoms with E-state index in [1.54, 1.807) is 48.5 Å². The summed E-state index contributed by atoms with van der Waals surface area (Å²) in [5.41, 5.74) is -4.96. The zero-order valence-electron chi connectivity index (χ0n) is 37.6. The van der Waals surface area contributed by atoms with Gasteiger partial charge in [0, 0.05) is 56.3 Å². The maximum absolute atomic E-state index is 12.5. The molecule has 0 spiro atoms. The molecule has 29 heteroatoms. The quantitative estimate of drug-likeness (QED) is 0.0687. The number of non-ortho nitro benzene ring substituents is 4. The summed E-state index contributed by atoms with van der Waals surface area (Å²) in [4.78, 5) is 91.1. The molecule has 6 aromatic rings. The van der Waals surface area contributed by atoms with Crippen molar-refractivity contribution in [3.05, 3.63) is 172 Å². The molecule has 1 radical (unpaired) electrons. The molecule has 2 atom stereocenters. The molecule has 0 aliphatic carbocycles. The van der Waals surface area contributed by atoms with E-state index in [0.717, 1.165) is 0 Å². The molecular formula is C42H38Cl2CuN10O16. The minimum atomic E-state index is -1.71. The summed E-state index contributed by atoms with van der Waals surface area (Å²) in [7, 11) is 0. The molecule has 2 unspecified atom stereocenters. The Morgan fingerprint density at radius 1 is 0.521 bits per heavy atom. The molecule has 0 fully saturated rings. The van der Waals surface area contributed by atoms with E-state index in [1.807, 2.05) is 41.5 Å². The molecule has 0 saturated heterocycles. The maximum atomic E-state index is 12.5. The van der Waals surface area contributed by atoms with Crippen LogP contribution >= 0.6 is 23.2 Å². The smallest absolute Gasteiger partial charge is 0.545 e. The van der Waals surface area contributed by atoms with E-state index in [4.69, 9.17) is 32.7 Å². The first kappa shape index (κ1) is 58.9. The second kappa shape index (κ2) is 25.9. The van der Waals surface area contributed by atoms with Gasteiger partial charge >= 0.3 is 17.1 Å². The first-order valence-electron chi connectivity index (χ1n) is 19.5. The summed E-state index contributed by atoms with van der Waals surface area (Å²) in [6, 6.07) is 17.8. The van der Waals surface area contributed by atoms with Crippen molar-refractivity contribution in [2.24, 2.45) is 10.8 Å². The fraction of sp³-hybridized carbons (Fsp3) is 0.238. The van der Waals surface area contributed by atoms with Crippen molar-refractivity contribution in [1.82, 2.24) is 29.5 Å². The molecule has 0 aliphatic heterocycles. The summed E-state index contributed by atoms with van der Waals surface area (Å²) >= 11 is 11.7. The van der Waals surface area contributed by atoms with E-state index in [-0.39, 0.29) is 28.6 Å². The summed E-state index contributed by atoms with van der Waals surface area (Å²) in [5, 5.41) is 71.3. The number of ketones is 2. The van der Waals surface area contributed by atoms with E-state index in [0.29, 0.717) is 57.9 Å². The van der Waals surface area contributed by atoms with Gasteiger partial charge < -0.3 is 29.3 Å². The van der Waals surface area contributed by atoms with Crippen LogP contribution in [0.5, 0.6) is 11.5 Å². The fourth-order valence-corrected chi connectivity index (χ4v) is 5.26. The molecule has 71 heavy (non-hydrogen) atoms. The van der Waals surface area contributed by atoms with Crippen molar-refractivity contribution >= 4 is 69.5 Å². The van der Waals surface area contributed by atoms with Gasteiger partial charge in [0.2, 0.25) is 11.6 Å². The third kappa shape index (κ3) is 18.3. The van der Waals surface area contributed by atoms with Gasteiger partial charge in [-0.25, -0.2) is 19.3 Å². The Balaban J connectivity index is 0.000000326. The Labute approximate surface area is 421 Å². The van der Waals surface area contributed by atoms with Gasteiger partial charge in [-0.3, -0.25) is 50.0 Å². The summed E-state index contributed by atoms with van der Waals surface area (Å²) < 4.78 is 14.3. The van der Waals surface area contributed by atoms with Gasteiger partial charge in [-0.05, 0) is 48.5 Å². The van der Waals surface area contributed by atoms with Gasteiger partial charge in [-0.2, -0.15) is 10.2 Å². The Hall–Kier alpha value is -8.26. The topological polar surface area (TPSA) is 367 Å². The number of benzene rings is 4. The Bertz CT molecular complexity index is 2490.